The zero-order chi connectivity index (χ0) is 16.6. The number of aryl methyl sites for hydroxylation is 1. The van der Waals surface area contributed by atoms with Crippen LogP contribution in [0.1, 0.15) is 61.3 Å². The fourth-order valence-electron chi connectivity index (χ4n) is 3.47. The van der Waals surface area contributed by atoms with Crippen molar-refractivity contribution < 1.29 is 9.32 Å². The van der Waals surface area contributed by atoms with Crippen LogP contribution in [0.15, 0.2) is 16.1 Å². The normalized spacial score (nSPS) is 20.7. The maximum absolute atomic E-state index is 12.7. The lowest BCUT2D eigenvalue weighted by Gasteiger charge is -2.28. The number of carbonyl (C=O) groups excluding carboxylic acids is 1. The highest BCUT2D eigenvalue weighted by molar-refractivity contribution is 7.09. The standard InChI is InChI=1S/C16H21N5O2S/c1-10-18-14(21-23-10)16(6-2-3-7-16)20-15(22)19-12(11-4-5-11)13-17-8-9-24-13/h8-9,11-12H,2-7H2,1H3,(H2,19,20,22)/t12-/m1/s1. The lowest BCUT2D eigenvalue weighted by molar-refractivity contribution is 0.215. The second-order valence-electron chi connectivity index (χ2n) is 6.71. The molecule has 7 nitrogen and oxygen atoms in total. The van der Waals surface area contributed by atoms with E-state index in [1.807, 2.05) is 5.38 Å². The van der Waals surface area contributed by atoms with E-state index in [4.69, 9.17) is 4.52 Å². The Kier molecular flexibility index (Phi) is 3.99. The lowest BCUT2D eigenvalue weighted by atomic mass is 9.97. The molecule has 2 aromatic rings. The minimum Gasteiger partial charge on any atom is -0.340 e. The van der Waals surface area contributed by atoms with Gasteiger partial charge in [-0.2, -0.15) is 4.98 Å². The van der Waals surface area contributed by atoms with E-state index in [2.05, 4.69) is 25.8 Å². The van der Waals surface area contributed by atoms with Gasteiger partial charge in [-0.15, -0.1) is 11.3 Å². The minimum atomic E-state index is -0.515. The molecule has 0 radical (unpaired) electrons. The molecule has 0 unspecified atom stereocenters. The molecule has 2 aliphatic carbocycles. The molecule has 0 aliphatic heterocycles. The summed E-state index contributed by atoms with van der Waals surface area (Å²) in [7, 11) is 0. The molecule has 2 N–H and O–H groups in total. The zero-order valence-corrected chi connectivity index (χ0v) is 14.4. The smallest absolute Gasteiger partial charge is 0.316 e. The van der Waals surface area contributed by atoms with Crippen LogP contribution in [0.5, 0.6) is 0 Å². The minimum absolute atomic E-state index is 0.00421. The number of hydrogen-bond acceptors (Lipinski definition) is 6. The summed E-state index contributed by atoms with van der Waals surface area (Å²) < 4.78 is 5.13. The Hall–Kier alpha value is -1.96. The van der Waals surface area contributed by atoms with Crippen LogP contribution in [-0.2, 0) is 5.54 Å². The van der Waals surface area contributed by atoms with Gasteiger partial charge in [0.25, 0.3) is 0 Å². The van der Waals surface area contributed by atoms with Gasteiger partial charge in [0.2, 0.25) is 5.89 Å². The molecule has 2 heterocycles. The molecule has 4 rings (SSSR count). The average Bonchev–Trinajstić information content (AvgIpc) is 2.97. The first-order valence-corrected chi connectivity index (χ1v) is 9.33. The van der Waals surface area contributed by atoms with Gasteiger partial charge in [-0.05, 0) is 31.6 Å². The van der Waals surface area contributed by atoms with E-state index in [9.17, 15) is 4.79 Å². The van der Waals surface area contributed by atoms with Crippen LogP contribution in [0.4, 0.5) is 4.79 Å². The quantitative estimate of drug-likeness (QED) is 0.867. The van der Waals surface area contributed by atoms with Gasteiger partial charge in [-0.25, -0.2) is 9.78 Å². The van der Waals surface area contributed by atoms with Gasteiger partial charge in [0.1, 0.15) is 10.5 Å². The Morgan fingerprint density at radius 2 is 2.21 bits per heavy atom. The van der Waals surface area contributed by atoms with Gasteiger partial charge in [-0.1, -0.05) is 18.0 Å². The van der Waals surface area contributed by atoms with Crippen molar-refractivity contribution in [3.05, 3.63) is 28.3 Å². The molecule has 2 aliphatic rings. The Bertz CT molecular complexity index is 704. The second kappa shape index (κ2) is 6.16. The number of nitrogens with one attached hydrogen (secondary N) is 2. The predicted octanol–water partition coefficient (Wildman–Crippen LogP) is 3.05. The first kappa shape index (κ1) is 15.6. The molecule has 0 bridgehead atoms. The van der Waals surface area contributed by atoms with Crippen LogP contribution >= 0.6 is 11.3 Å². The Balaban J connectivity index is 1.49. The number of nitrogens with zero attached hydrogens (tertiary/aromatic N) is 3. The Morgan fingerprint density at radius 3 is 2.79 bits per heavy atom. The van der Waals surface area contributed by atoms with Crippen molar-refractivity contribution in [3.63, 3.8) is 0 Å². The first-order valence-electron chi connectivity index (χ1n) is 8.45. The molecular formula is C16H21N5O2S. The van der Waals surface area contributed by atoms with Gasteiger partial charge in [-0.3, -0.25) is 0 Å². The summed E-state index contributed by atoms with van der Waals surface area (Å²) >= 11 is 1.59. The number of aromatic nitrogens is 3. The molecule has 0 saturated heterocycles. The van der Waals surface area contributed by atoms with Crippen molar-refractivity contribution in [2.24, 2.45) is 5.92 Å². The van der Waals surface area contributed by atoms with E-state index in [1.165, 1.54) is 0 Å². The molecule has 2 saturated carbocycles. The van der Waals surface area contributed by atoms with Gasteiger partial charge < -0.3 is 15.2 Å². The van der Waals surface area contributed by atoms with Gasteiger partial charge in [0.05, 0.1) is 6.04 Å². The van der Waals surface area contributed by atoms with Crippen LogP contribution in [0.25, 0.3) is 0 Å². The van der Waals surface area contributed by atoms with Crippen LogP contribution in [0.2, 0.25) is 0 Å². The van der Waals surface area contributed by atoms with E-state index >= 15 is 0 Å². The Morgan fingerprint density at radius 1 is 1.42 bits per heavy atom. The molecule has 2 amide bonds. The summed E-state index contributed by atoms with van der Waals surface area (Å²) in [6, 6.07) is -0.179. The lowest BCUT2D eigenvalue weighted by Crippen LogP contribution is -2.50. The zero-order valence-electron chi connectivity index (χ0n) is 13.6. The van der Waals surface area contributed by atoms with Gasteiger partial charge in [0.15, 0.2) is 5.82 Å². The molecule has 2 aromatic heterocycles. The second-order valence-corrected chi connectivity index (χ2v) is 7.64. The number of urea groups is 1. The van der Waals surface area contributed by atoms with E-state index < -0.39 is 5.54 Å². The molecule has 2 fully saturated rings. The summed E-state index contributed by atoms with van der Waals surface area (Å²) in [6.07, 6.45) is 7.84. The first-order chi connectivity index (χ1) is 11.7. The van der Waals surface area contributed by atoms with Crippen molar-refractivity contribution in [2.45, 2.75) is 57.0 Å². The van der Waals surface area contributed by atoms with E-state index in [1.54, 1.807) is 24.5 Å². The molecule has 24 heavy (non-hydrogen) atoms. The third-order valence-electron chi connectivity index (χ3n) is 4.86. The highest BCUT2D eigenvalue weighted by Gasteiger charge is 2.42. The number of carbonyl (C=O) groups is 1. The average molecular weight is 347 g/mol. The fourth-order valence-corrected chi connectivity index (χ4v) is 4.25. The number of thiazole rings is 1. The van der Waals surface area contributed by atoms with Gasteiger partial charge in [0, 0.05) is 18.5 Å². The van der Waals surface area contributed by atoms with Crippen LogP contribution in [0, 0.1) is 12.8 Å². The van der Waals surface area contributed by atoms with E-state index in [0.29, 0.717) is 17.6 Å². The third-order valence-corrected chi connectivity index (χ3v) is 5.72. The van der Waals surface area contributed by atoms with Crippen molar-refractivity contribution in [1.29, 1.82) is 0 Å². The molecule has 0 spiro atoms. The SMILES string of the molecule is Cc1nc(C2(NC(=O)N[C@@H](c3nccs3)C3CC3)CCCC2)no1. The third kappa shape index (κ3) is 3.02. The number of amides is 2. The van der Waals surface area contributed by atoms with Crippen molar-refractivity contribution in [2.75, 3.05) is 0 Å². The summed E-state index contributed by atoms with van der Waals surface area (Å²) in [5, 5.41) is 13.2. The van der Waals surface area contributed by atoms with E-state index in [-0.39, 0.29) is 12.1 Å². The van der Waals surface area contributed by atoms with Crippen molar-refractivity contribution in [3.8, 4) is 0 Å². The number of rotatable bonds is 5. The summed E-state index contributed by atoms with van der Waals surface area (Å²) in [4.78, 5) is 21.4. The molecule has 0 aromatic carbocycles. The Labute approximate surface area is 144 Å². The monoisotopic (exact) mass is 347 g/mol. The number of hydrogen-bond donors (Lipinski definition) is 2. The predicted molar refractivity (Wildman–Crippen MR) is 88.4 cm³/mol. The molecule has 1 atom stereocenters. The van der Waals surface area contributed by atoms with Gasteiger partial charge >= 0.3 is 6.03 Å². The van der Waals surface area contributed by atoms with Crippen LogP contribution in [0.3, 0.4) is 0 Å². The van der Waals surface area contributed by atoms with Crippen molar-refractivity contribution in [1.82, 2.24) is 25.8 Å². The molecule has 8 heteroatoms. The van der Waals surface area contributed by atoms with Crippen molar-refractivity contribution >= 4 is 17.4 Å². The largest absolute Gasteiger partial charge is 0.340 e. The highest BCUT2D eigenvalue weighted by atomic mass is 32.1. The summed E-state index contributed by atoms with van der Waals surface area (Å²) in [5.74, 6) is 1.61. The van der Waals surface area contributed by atoms with Crippen LogP contribution in [-0.4, -0.2) is 21.2 Å². The maximum Gasteiger partial charge on any atom is 0.316 e. The fraction of sp³-hybridized carbons (Fsp3) is 0.625. The molecule has 128 valence electrons. The maximum atomic E-state index is 12.7. The van der Waals surface area contributed by atoms with E-state index in [0.717, 1.165) is 43.5 Å². The highest BCUT2D eigenvalue weighted by Crippen LogP contribution is 2.42. The summed E-state index contributed by atoms with van der Waals surface area (Å²) in [5.41, 5.74) is -0.515. The molecular weight excluding hydrogens is 326 g/mol. The summed E-state index contributed by atoms with van der Waals surface area (Å²) in [6.45, 7) is 1.77. The van der Waals surface area contributed by atoms with Crippen LogP contribution < -0.4 is 10.6 Å². The topological polar surface area (TPSA) is 92.9 Å².